The monoisotopic (exact) mass is 265 g/mol. The zero-order chi connectivity index (χ0) is 14.3. The molecule has 106 valence electrons. The Morgan fingerprint density at radius 2 is 2.11 bits per heavy atom. The molecule has 0 aliphatic carbocycles. The third kappa shape index (κ3) is 4.52. The van der Waals surface area contributed by atoms with E-state index in [9.17, 15) is 4.79 Å². The molecule has 0 radical (unpaired) electrons. The smallest absolute Gasteiger partial charge is 0.263 e. The van der Waals surface area contributed by atoms with E-state index in [1.807, 2.05) is 33.0 Å². The molecule has 0 aliphatic heterocycles. The molecule has 5 nitrogen and oxygen atoms in total. The maximum absolute atomic E-state index is 12.0. The number of rotatable bonds is 7. The van der Waals surface area contributed by atoms with E-state index in [1.165, 1.54) is 0 Å². The number of likely N-dealkylation sites (N-methyl/N-ethyl adjacent to an activating group) is 1. The summed E-state index contributed by atoms with van der Waals surface area (Å²) in [6, 6.07) is 3.73. The predicted octanol–water partition coefficient (Wildman–Crippen LogP) is 1.44. The molecule has 5 heteroatoms. The van der Waals surface area contributed by atoms with Crippen molar-refractivity contribution in [2.75, 3.05) is 20.1 Å². The van der Waals surface area contributed by atoms with E-state index in [4.69, 9.17) is 4.74 Å². The van der Waals surface area contributed by atoms with Crippen LogP contribution in [0.2, 0.25) is 0 Å². The number of hydrogen-bond acceptors (Lipinski definition) is 4. The number of amides is 1. The first-order valence-corrected chi connectivity index (χ1v) is 6.67. The summed E-state index contributed by atoms with van der Waals surface area (Å²) in [6.45, 7) is 7.80. The van der Waals surface area contributed by atoms with Gasteiger partial charge in [-0.15, -0.1) is 0 Å². The van der Waals surface area contributed by atoms with Crippen molar-refractivity contribution in [3.05, 3.63) is 24.0 Å². The molecule has 0 aliphatic rings. The number of nitrogens with one attached hydrogen (secondary N) is 1. The fraction of sp³-hybridized carbons (Fsp3) is 0.571. The highest BCUT2D eigenvalue weighted by Crippen LogP contribution is 2.12. The molecular weight excluding hydrogens is 242 g/mol. The van der Waals surface area contributed by atoms with Crippen LogP contribution in [-0.2, 0) is 11.3 Å². The SMILES string of the molecule is CCN(CC)C(=O)C(C)Oc1ccc(CNC)nc1. The van der Waals surface area contributed by atoms with Gasteiger partial charge in [0.15, 0.2) is 6.10 Å². The predicted molar refractivity (Wildman–Crippen MR) is 75.0 cm³/mol. The molecule has 1 atom stereocenters. The molecule has 19 heavy (non-hydrogen) atoms. The highest BCUT2D eigenvalue weighted by molar-refractivity contribution is 5.80. The van der Waals surface area contributed by atoms with E-state index in [1.54, 1.807) is 18.0 Å². The minimum Gasteiger partial charge on any atom is -0.479 e. The number of ether oxygens (including phenoxy) is 1. The lowest BCUT2D eigenvalue weighted by atomic mass is 10.3. The van der Waals surface area contributed by atoms with E-state index < -0.39 is 6.10 Å². The van der Waals surface area contributed by atoms with Crippen LogP contribution in [0.3, 0.4) is 0 Å². The first-order chi connectivity index (χ1) is 9.12. The molecule has 0 aromatic carbocycles. The highest BCUT2D eigenvalue weighted by atomic mass is 16.5. The van der Waals surface area contributed by atoms with Crippen LogP contribution in [0, 0.1) is 0 Å². The van der Waals surface area contributed by atoms with E-state index in [0.29, 0.717) is 25.4 Å². The van der Waals surface area contributed by atoms with Gasteiger partial charge in [-0.25, -0.2) is 0 Å². The van der Waals surface area contributed by atoms with Crippen molar-refractivity contribution in [3.63, 3.8) is 0 Å². The van der Waals surface area contributed by atoms with Gasteiger partial charge in [0, 0.05) is 19.6 Å². The fourth-order valence-electron chi connectivity index (χ4n) is 1.81. The van der Waals surface area contributed by atoms with Gasteiger partial charge in [0.25, 0.3) is 5.91 Å². The fourth-order valence-corrected chi connectivity index (χ4v) is 1.81. The van der Waals surface area contributed by atoms with Crippen LogP contribution in [0.4, 0.5) is 0 Å². The highest BCUT2D eigenvalue weighted by Gasteiger charge is 2.19. The molecule has 1 amide bonds. The minimum atomic E-state index is -0.489. The van der Waals surface area contributed by atoms with Crippen molar-refractivity contribution >= 4 is 5.91 Å². The summed E-state index contributed by atoms with van der Waals surface area (Å²) in [5.41, 5.74) is 0.942. The van der Waals surface area contributed by atoms with E-state index in [0.717, 1.165) is 5.69 Å². The Bertz CT molecular complexity index is 388. The molecule has 0 fully saturated rings. The largest absolute Gasteiger partial charge is 0.479 e. The van der Waals surface area contributed by atoms with E-state index in [2.05, 4.69) is 10.3 Å². The van der Waals surface area contributed by atoms with Gasteiger partial charge in [-0.2, -0.15) is 0 Å². The summed E-state index contributed by atoms with van der Waals surface area (Å²) in [4.78, 5) is 18.1. The Kier molecular flexibility index (Phi) is 6.29. The minimum absolute atomic E-state index is 0.00398. The van der Waals surface area contributed by atoms with E-state index >= 15 is 0 Å². The van der Waals surface area contributed by atoms with Gasteiger partial charge in [-0.1, -0.05) is 0 Å². The van der Waals surface area contributed by atoms with Crippen LogP contribution in [0.25, 0.3) is 0 Å². The van der Waals surface area contributed by atoms with E-state index in [-0.39, 0.29) is 5.91 Å². The molecule has 0 spiro atoms. The summed E-state index contributed by atoms with van der Waals surface area (Å²) in [7, 11) is 1.87. The van der Waals surface area contributed by atoms with Gasteiger partial charge in [-0.3, -0.25) is 9.78 Å². The summed E-state index contributed by atoms with van der Waals surface area (Å²) in [5.74, 6) is 0.622. The number of pyridine rings is 1. The van der Waals surface area contributed by atoms with Gasteiger partial charge in [0.05, 0.1) is 11.9 Å². The quantitative estimate of drug-likeness (QED) is 0.810. The lowest BCUT2D eigenvalue weighted by Gasteiger charge is -2.23. The molecule has 0 bridgehead atoms. The zero-order valence-electron chi connectivity index (χ0n) is 12.1. The summed E-state index contributed by atoms with van der Waals surface area (Å²) in [6.07, 6.45) is 1.16. The molecule has 1 heterocycles. The van der Waals surface area contributed by atoms with Crippen LogP contribution in [-0.4, -0.2) is 42.0 Å². The Morgan fingerprint density at radius 1 is 1.42 bits per heavy atom. The number of aromatic nitrogens is 1. The number of carbonyl (C=O) groups excluding carboxylic acids is 1. The van der Waals surface area contributed by atoms with Crippen molar-refractivity contribution in [2.45, 2.75) is 33.4 Å². The third-order valence-corrected chi connectivity index (χ3v) is 2.89. The average molecular weight is 265 g/mol. The normalized spacial score (nSPS) is 12.0. The molecule has 1 aromatic heterocycles. The molecule has 1 unspecified atom stereocenters. The summed E-state index contributed by atoms with van der Waals surface area (Å²) in [5, 5.41) is 3.03. The van der Waals surface area contributed by atoms with Crippen molar-refractivity contribution in [1.29, 1.82) is 0 Å². The topological polar surface area (TPSA) is 54.5 Å². The Labute approximate surface area is 115 Å². The first-order valence-electron chi connectivity index (χ1n) is 6.67. The van der Waals surface area contributed by atoms with Gasteiger partial charge in [0.1, 0.15) is 5.75 Å². The number of nitrogens with zero attached hydrogens (tertiary/aromatic N) is 2. The Morgan fingerprint density at radius 3 is 2.58 bits per heavy atom. The van der Waals surface area contributed by atoms with Crippen LogP contribution >= 0.6 is 0 Å². The second-order valence-corrected chi connectivity index (χ2v) is 4.29. The first kappa shape index (κ1) is 15.4. The lowest BCUT2D eigenvalue weighted by Crippen LogP contribution is -2.40. The zero-order valence-corrected chi connectivity index (χ0v) is 12.1. The lowest BCUT2D eigenvalue weighted by molar-refractivity contribution is -0.137. The van der Waals surface area contributed by atoms with Gasteiger partial charge >= 0.3 is 0 Å². The molecule has 0 saturated carbocycles. The summed E-state index contributed by atoms with van der Waals surface area (Å²) < 4.78 is 5.62. The van der Waals surface area contributed by atoms with Crippen molar-refractivity contribution in [1.82, 2.24) is 15.2 Å². The second-order valence-electron chi connectivity index (χ2n) is 4.29. The van der Waals surface area contributed by atoms with Crippen LogP contribution in [0.1, 0.15) is 26.5 Å². The van der Waals surface area contributed by atoms with Gasteiger partial charge in [-0.05, 0) is 40.0 Å². The van der Waals surface area contributed by atoms with Crippen molar-refractivity contribution in [3.8, 4) is 5.75 Å². The number of hydrogen-bond donors (Lipinski definition) is 1. The second kappa shape index (κ2) is 7.74. The molecule has 0 saturated heterocycles. The standard InChI is InChI=1S/C14H23N3O2/c1-5-17(6-2)14(18)11(3)19-13-8-7-12(9-15-4)16-10-13/h7-8,10-11,15H,5-6,9H2,1-4H3. The van der Waals surface area contributed by atoms with Crippen LogP contribution < -0.4 is 10.1 Å². The van der Waals surface area contributed by atoms with Gasteiger partial charge in [0.2, 0.25) is 0 Å². The number of carbonyl (C=O) groups is 1. The van der Waals surface area contributed by atoms with Gasteiger partial charge < -0.3 is 15.0 Å². The molecule has 1 aromatic rings. The van der Waals surface area contributed by atoms with Crippen molar-refractivity contribution in [2.24, 2.45) is 0 Å². The maximum atomic E-state index is 12.0. The molecule has 1 rings (SSSR count). The van der Waals surface area contributed by atoms with Crippen molar-refractivity contribution < 1.29 is 9.53 Å². The maximum Gasteiger partial charge on any atom is 0.263 e. The summed E-state index contributed by atoms with van der Waals surface area (Å²) >= 11 is 0. The molecular formula is C14H23N3O2. The van der Waals surface area contributed by atoms with Crippen LogP contribution in [0.15, 0.2) is 18.3 Å². The Balaban J connectivity index is 2.60. The molecule has 1 N–H and O–H groups in total. The Hall–Kier alpha value is -1.62. The average Bonchev–Trinajstić information content (AvgIpc) is 2.42. The van der Waals surface area contributed by atoms with Crippen LogP contribution in [0.5, 0.6) is 5.75 Å². The third-order valence-electron chi connectivity index (χ3n) is 2.89.